The van der Waals surface area contributed by atoms with Gasteiger partial charge in [-0.3, -0.25) is 14.6 Å². The number of ether oxygens (including phenoxy) is 2. The first-order chi connectivity index (χ1) is 16.6. The van der Waals surface area contributed by atoms with Crippen molar-refractivity contribution in [2.45, 2.75) is 31.1 Å². The van der Waals surface area contributed by atoms with E-state index in [1.807, 2.05) is 34.9 Å². The van der Waals surface area contributed by atoms with Crippen LogP contribution in [0.1, 0.15) is 24.8 Å². The summed E-state index contributed by atoms with van der Waals surface area (Å²) in [6.45, 7) is 7.25. The third-order valence-electron chi connectivity index (χ3n) is 5.90. The number of thiazole rings is 1. The highest BCUT2D eigenvalue weighted by Crippen LogP contribution is 2.32. The second-order valence-electron chi connectivity index (χ2n) is 8.45. The molecule has 8 heteroatoms. The van der Waals surface area contributed by atoms with E-state index < -0.39 is 0 Å². The van der Waals surface area contributed by atoms with Gasteiger partial charge >= 0.3 is 0 Å². The van der Waals surface area contributed by atoms with E-state index in [1.165, 1.54) is 10.5 Å². The van der Waals surface area contributed by atoms with Crippen LogP contribution >= 0.6 is 23.1 Å². The molecule has 34 heavy (non-hydrogen) atoms. The summed E-state index contributed by atoms with van der Waals surface area (Å²) in [5.74, 6) is 1.88. The van der Waals surface area contributed by atoms with Crippen molar-refractivity contribution in [3.05, 3.63) is 48.0 Å². The van der Waals surface area contributed by atoms with E-state index in [0.717, 1.165) is 72.5 Å². The van der Waals surface area contributed by atoms with Crippen molar-refractivity contribution >= 4 is 44.4 Å². The van der Waals surface area contributed by atoms with Crippen LogP contribution in [0.4, 0.5) is 5.13 Å². The van der Waals surface area contributed by atoms with Crippen molar-refractivity contribution in [2.24, 2.45) is 0 Å². The van der Waals surface area contributed by atoms with E-state index in [0.29, 0.717) is 13.0 Å². The van der Waals surface area contributed by atoms with E-state index >= 15 is 0 Å². The van der Waals surface area contributed by atoms with E-state index in [-0.39, 0.29) is 5.91 Å². The number of hydrogen-bond acceptors (Lipinski definition) is 7. The molecule has 1 fully saturated rings. The first-order valence-electron chi connectivity index (χ1n) is 11.9. The Morgan fingerprint density at radius 2 is 1.97 bits per heavy atom. The number of nitrogens with zero attached hydrogens (tertiary/aromatic N) is 3. The number of benzene rings is 2. The van der Waals surface area contributed by atoms with Gasteiger partial charge in [0, 0.05) is 37.5 Å². The van der Waals surface area contributed by atoms with Gasteiger partial charge < -0.3 is 9.47 Å². The Labute approximate surface area is 210 Å². The summed E-state index contributed by atoms with van der Waals surface area (Å²) in [7, 11) is 1.67. The summed E-state index contributed by atoms with van der Waals surface area (Å²) >= 11 is 3.37. The number of amides is 1. The van der Waals surface area contributed by atoms with Gasteiger partial charge in [0.1, 0.15) is 5.75 Å². The normalized spacial score (nSPS) is 14.4. The lowest BCUT2D eigenvalue weighted by atomic mass is 10.2. The summed E-state index contributed by atoms with van der Waals surface area (Å²) in [5, 5.41) is 0.779. The van der Waals surface area contributed by atoms with Crippen molar-refractivity contribution in [1.29, 1.82) is 0 Å². The maximum Gasteiger partial charge on any atom is 0.228 e. The van der Waals surface area contributed by atoms with Crippen LogP contribution in [0.3, 0.4) is 0 Å². The van der Waals surface area contributed by atoms with Crippen LogP contribution in [-0.2, 0) is 9.53 Å². The number of rotatable bonds is 11. The number of methoxy groups -OCH3 is 1. The molecule has 0 saturated carbocycles. The lowest BCUT2D eigenvalue weighted by Crippen LogP contribution is -2.39. The predicted octanol–water partition coefficient (Wildman–Crippen LogP) is 5.24. The molecule has 2 heterocycles. The predicted molar refractivity (Wildman–Crippen MR) is 142 cm³/mol. The maximum atomic E-state index is 13.3. The van der Waals surface area contributed by atoms with Crippen molar-refractivity contribution < 1.29 is 14.3 Å². The average Bonchev–Trinajstić information content (AvgIpc) is 3.29. The molecule has 182 valence electrons. The highest BCUT2D eigenvalue weighted by atomic mass is 32.2. The van der Waals surface area contributed by atoms with Gasteiger partial charge in [-0.1, -0.05) is 29.0 Å². The quantitative estimate of drug-likeness (QED) is 0.266. The number of aryl methyl sites for hydroxylation is 1. The van der Waals surface area contributed by atoms with Gasteiger partial charge in [0.15, 0.2) is 5.13 Å². The summed E-state index contributed by atoms with van der Waals surface area (Å²) in [6.07, 6.45) is 2.29. The molecule has 0 unspecified atom stereocenters. The summed E-state index contributed by atoms with van der Waals surface area (Å²) < 4.78 is 11.9. The van der Waals surface area contributed by atoms with Crippen molar-refractivity contribution in [1.82, 2.24) is 9.88 Å². The van der Waals surface area contributed by atoms with Crippen LogP contribution in [-0.4, -0.2) is 68.0 Å². The number of thioether (sulfide) groups is 1. The molecule has 0 atom stereocenters. The molecular weight excluding hydrogens is 466 g/mol. The van der Waals surface area contributed by atoms with Crippen molar-refractivity contribution in [2.75, 3.05) is 57.2 Å². The van der Waals surface area contributed by atoms with Gasteiger partial charge in [0.25, 0.3) is 0 Å². The third-order valence-corrected chi connectivity index (χ3v) is 8.04. The second kappa shape index (κ2) is 12.5. The van der Waals surface area contributed by atoms with Crippen LogP contribution in [0.5, 0.6) is 5.75 Å². The number of fused-ring (bicyclic) bond motifs is 1. The fraction of sp³-hybridized carbons (Fsp3) is 0.462. The standard InChI is InChI=1S/C26H33N3O3S2/c1-20-6-9-22(10-7-20)33-18-3-5-25(30)29(13-4-12-28-14-16-32-17-15-28)26-27-23-11-8-21(31-2)19-24(23)34-26/h6-11,19H,3-5,12-18H2,1-2H3. The fourth-order valence-electron chi connectivity index (χ4n) is 3.92. The van der Waals surface area contributed by atoms with Crippen molar-refractivity contribution in [3.8, 4) is 5.75 Å². The Morgan fingerprint density at radius 3 is 2.74 bits per heavy atom. The van der Waals surface area contributed by atoms with Gasteiger partial charge in [-0.15, -0.1) is 11.8 Å². The molecule has 0 radical (unpaired) electrons. The summed E-state index contributed by atoms with van der Waals surface area (Å²) in [4.78, 5) is 23.7. The molecule has 0 N–H and O–H groups in total. The Kier molecular flexibility index (Phi) is 9.21. The zero-order chi connectivity index (χ0) is 23.8. The van der Waals surface area contributed by atoms with Crippen LogP contribution in [0.2, 0.25) is 0 Å². The molecule has 0 aliphatic carbocycles. The van der Waals surface area contributed by atoms with E-state index in [1.54, 1.807) is 18.4 Å². The van der Waals surface area contributed by atoms with Gasteiger partial charge in [0.2, 0.25) is 5.91 Å². The molecule has 1 aromatic heterocycles. The third kappa shape index (κ3) is 6.95. The number of hydrogen-bond donors (Lipinski definition) is 0. The Balaban J connectivity index is 1.38. The second-order valence-corrected chi connectivity index (χ2v) is 10.6. The molecule has 1 aliphatic heterocycles. The van der Waals surface area contributed by atoms with Crippen LogP contribution < -0.4 is 9.64 Å². The minimum Gasteiger partial charge on any atom is -0.497 e. The molecule has 2 aromatic carbocycles. The molecular formula is C26H33N3O3S2. The van der Waals surface area contributed by atoms with Gasteiger partial charge in [-0.2, -0.15) is 0 Å². The molecule has 6 nitrogen and oxygen atoms in total. The van der Waals surface area contributed by atoms with Crippen LogP contribution in [0.25, 0.3) is 10.2 Å². The SMILES string of the molecule is COc1ccc2nc(N(CCCN3CCOCC3)C(=O)CCCSc3ccc(C)cc3)sc2c1. The lowest BCUT2D eigenvalue weighted by molar-refractivity contribution is -0.118. The van der Waals surface area contributed by atoms with Crippen molar-refractivity contribution in [3.63, 3.8) is 0 Å². The van der Waals surface area contributed by atoms with Gasteiger partial charge in [0.05, 0.1) is 30.5 Å². The molecule has 3 aromatic rings. The Bertz CT molecular complexity index is 1060. The zero-order valence-corrected chi connectivity index (χ0v) is 21.6. The van der Waals surface area contributed by atoms with Crippen LogP contribution in [0, 0.1) is 6.92 Å². The number of aromatic nitrogens is 1. The van der Waals surface area contributed by atoms with Gasteiger partial charge in [-0.25, -0.2) is 4.98 Å². The molecule has 4 rings (SSSR count). The summed E-state index contributed by atoms with van der Waals surface area (Å²) in [5.41, 5.74) is 2.17. The van der Waals surface area contributed by atoms with E-state index in [2.05, 4.69) is 36.1 Å². The molecule has 1 aliphatic rings. The van der Waals surface area contributed by atoms with E-state index in [9.17, 15) is 4.79 Å². The monoisotopic (exact) mass is 499 g/mol. The highest BCUT2D eigenvalue weighted by molar-refractivity contribution is 7.99. The number of carbonyl (C=O) groups is 1. The minimum atomic E-state index is 0.150. The van der Waals surface area contributed by atoms with Gasteiger partial charge in [-0.05, 0) is 55.9 Å². The average molecular weight is 500 g/mol. The maximum absolute atomic E-state index is 13.3. The zero-order valence-electron chi connectivity index (χ0n) is 20.0. The minimum absolute atomic E-state index is 0.150. The number of anilines is 1. The number of morpholine rings is 1. The lowest BCUT2D eigenvalue weighted by Gasteiger charge is -2.27. The Hall–Kier alpha value is -2.13. The molecule has 0 bridgehead atoms. The fourth-order valence-corrected chi connectivity index (χ4v) is 5.81. The molecule has 1 amide bonds. The van der Waals surface area contributed by atoms with E-state index in [4.69, 9.17) is 14.5 Å². The summed E-state index contributed by atoms with van der Waals surface area (Å²) in [6, 6.07) is 14.4. The smallest absolute Gasteiger partial charge is 0.228 e. The largest absolute Gasteiger partial charge is 0.497 e. The van der Waals surface area contributed by atoms with Crippen LogP contribution in [0.15, 0.2) is 47.4 Å². The highest BCUT2D eigenvalue weighted by Gasteiger charge is 2.20. The molecule has 0 spiro atoms. The topological polar surface area (TPSA) is 54.9 Å². The first-order valence-corrected chi connectivity index (χ1v) is 13.7. The Morgan fingerprint density at radius 1 is 1.18 bits per heavy atom. The first kappa shape index (κ1) is 25.0. The molecule has 1 saturated heterocycles. The number of carbonyl (C=O) groups excluding carboxylic acids is 1.